The SMILES string of the molecule is Cc1ccc(S(=O)(=O)CCC(=O)Nc2ccc3c(c2)N(C)C(=O)CO3)cc1C. The molecule has 2 aromatic rings. The lowest BCUT2D eigenvalue weighted by Gasteiger charge is -2.26. The Morgan fingerprint density at radius 1 is 1.14 bits per heavy atom. The molecule has 0 unspecified atom stereocenters. The first-order valence-electron chi connectivity index (χ1n) is 8.80. The highest BCUT2D eigenvalue weighted by molar-refractivity contribution is 7.91. The molecule has 1 heterocycles. The van der Waals surface area contributed by atoms with Crippen LogP contribution in [0.4, 0.5) is 11.4 Å². The Morgan fingerprint density at radius 2 is 1.89 bits per heavy atom. The van der Waals surface area contributed by atoms with Crippen LogP contribution in [-0.4, -0.2) is 39.6 Å². The molecular formula is C20H22N2O5S. The van der Waals surface area contributed by atoms with Crippen LogP contribution in [0.25, 0.3) is 0 Å². The maximum atomic E-state index is 12.5. The van der Waals surface area contributed by atoms with E-state index in [9.17, 15) is 18.0 Å². The Morgan fingerprint density at radius 3 is 2.61 bits per heavy atom. The highest BCUT2D eigenvalue weighted by Crippen LogP contribution is 2.33. The zero-order chi connectivity index (χ0) is 20.5. The van der Waals surface area contributed by atoms with Crippen LogP contribution in [-0.2, 0) is 19.4 Å². The Bertz CT molecular complexity index is 1050. The van der Waals surface area contributed by atoms with Crippen LogP contribution in [0.15, 0.2) is 41.3 Å². The second kappa shape index (κ2) is 7.63. The number of likely N-dealkylation sites (N-methyl/N-ethyl adjacent to an activating group) is 1. The van der Waals surface area contributed by atoms with E-state index in [1.807, 2.05) is 13.8 Å². The van der Waals surface area contributed by atoms with E-state index in [1.165, 1.54) is 4.90 Å². The van der Waals surface area contributed by atoms with E-state index >= 15 is 0 Å². The number of nitrogens with zero attached hydrogens (tertiary/aromatic N) is 1. The molecule has 0 bridgehead atoms. The summed E-state index contributed by atoms with van der Waals surface area (Å²) >= 11 is 0. The summed E-state index contributed by atoms with van der Waals surface area (Å²) in [7, 11) is -1.92. The highest BCUT2D eigenvalue weighted by atomic mass is 32.2. The normalized spacial score (nSPS) is 13.7. The first-order chi connectivity index (χ1) is 13.2. The molecule has 0 aliphatic carbocycles. The van der Waals surface area contributed by atoms with Gasteiger partial charge in [0, 0.05) is 19.2 Å². The summed E-state index contributed by atoms with van der Waals surface area (Å²) in [4.78, 5) is 25.6. The van der Waals surface area contributed by atoms with Gasteiger partial charge in [0.2, 0.25) is 5.91 Å². The second-order valence-corrected chi connectivity index (χ2v) is 8.90. The summed E-state index contributed by atoms with van der Waals surface area (Å²) in [5.41, 5.74) is 2.92. The van der Waals surface area contributed by atoms with E-state index in [1.54, 1.807) is 43.4 Å². The van der Waals surface area contributed by atoms with Crippen LogP contribution in [0.1, 0.15) is 17.5 Å². The van der Waals surface area contributed by atoms with Crippen molar-refractivity contribution in [1.29, 1.82) is 0 Å². The van der Waals surface area contributed by atoms with Gasteiger partial charge < -0.3 is 15.0 Å². The zero-order valence-electron chi connectivity index (χ0n) is 16.0. The largest absolute Gasteiger partial charge is 0.482 e. The van der Waals surface area contributed by atoms with Crippen LogP contribution >= 0.6 is 0 Å². The van der Waals surface area contributed by atoms with E-state index in [-0.39, 0.29) is 29.6 Å². The lowest BCUT2D eigenvalue weighted by molar-refractivity contribution is -0.121. The van der Waals surface area contributed by atoms with Crippen molar-refractivity contribution < 1.29 is 22.7 Å². The second-order valence-electron chi connectivity index (χ2n) is 6.79. The van der Waals surface area contributed by atoms with Gasteiger partial charge >= 0.3 is 0 Å². The number of rotatable bonds is 5. The molecule has 3 rings (SSSR count). The van der Waals surface area contributed by atoms with Crippen molar-refractivity contribution in [3.63, 3.8) is 0 Å². The van der Waals surface area contributed by atoms with Crippen molar-refractivity contribution in [1.82, 2.24) is 0 Å². The van der Waals surface area contributed by atoms with Gasteiger partial charge in [-0.2, -0.15) is 0 Å². The predicted molar refractivity (Wildman–Crippen MR) is 107 cm³/mol. The molecule has 28 heavy (non-hydrogen) atoms. The van der Waals surface area contributed by atoms with E-state index in [4.69, 9.17) is 4.74 Å². The van der Waals surface area contributed by atoms with Gasteiger partial charge in [-0.05, 0) is 55.3 Å². The smallest absolute Gasteiger partial charge is 0.264 e. The Kier molecular flexibility index (Phi) is 5.42. The van der Waals surface area contributed by atoms with Crippen molar-refractivity contribution in [2.75, 3.05) is 29.6 Å². The van der Waals surface area contributed by atoms with Crippen LogP contribution in [0, 0.1) is 13.8 Å². The summed E-state index contributed by atoms with van der Waals surface area (Å²) in [5, 5.41) is 2.68. The molecule has 1 aliphatic rings. The molecule has 0 saturated heterocycles. The number of carbonyl (C=O) groups excluding carboxylic acids is 2. The number of nitrogens with one attached hydrogen (secondary N) is 1. The number of carbonyl (C=O) groups is 2. The third kappa shape index (κ3) is 4.17. The third-order valence-electron chi connectivity index (χ3n) is 4.76. The average Bonchev–Trinajstić information content (AvgIpc) is 2.66. The van der Waals surface area contributed by atoms with Crippen LogP contribution in [0.5, 0.6) is 5.75 Å². The first kappa shape index (κ1) is 19.9. The number of sulfone groups is 1. The molecule has 2 aromatic carbocycles. The number of aryl methyl sites for hydroxylation is 2. The number of hydrogen-bond acceptors (Lipinski definition) is 5. The number of hydrogen-bond donors (Lipinski definition) is 1. The van der Waals surface area contributed by atoms with Gasteiger partial charge in [0.1, 0.15) is 5.75 Å². The monoisotopic (exact) mass is 402 g/mol. The minimum absolute atomic E-state index is 0.0223. The summed E-state index contributed by atoms with van der Waals surface area (Å²) in [5.74, 6) is -0.334. The quantitative estimate of drug-likeness (QED) is 0.829. The Hall–Kier alpha value is -2.87. The zero-order valence-corrected chi connectivity index (χ0v) is 16.8. The molecule has 0 spiro atoms. The molecule has 148 valence electrons. The Labute approximate surface area is 164 Å². The first-order valence-corrected chi connectivity index (χ1v) is 10.5. The molecule has 1 aliphatic heterocycles. The van der Waals surface area contributed by atoms with Crippen molar-refractivity contribution in [2.45, 2.75) is 25.2 Å². The van der Waals surface area contributed by atoms with Gasteiger partial charge in [-0.15, -0.1) is 0 Å². The average molecular weight is 402 g/mol. The minimum atomic E-state index is -3.55. The number of ether oxygens (including phenoxy) is 1. The highest BCUT2D eigenvalue weighted by Gasteiger charge is 2.23. The topological polar surface area (TPSA) is 92.8 Å². The molecule has 8 heteroatoms. The van der Waals surface area contributed by atoms with E-state index in [2.05, 4.69) is 5.32 Å². The van der Waals surface area contributed by atoms with Crippen molar-refractivity contribution in [3.8, 4) is 5.75 Å². The molecule has 0 atom stereocenters. The van der Waals surface area contributed by atoms with E-state index in [0.717, 1.165) is 11.1 Å². The summed E-state index contributed by atoms with van der Waals surface area (Å²) < 4.78 is 30.3. The molecule has 0 saturated carbocycles. The van der Waals surface area contributed by atoms with Crippen molar-refractivity contribution >= 4 is 33.0 Å². The Balaban J connectivity index is 1.66. The number of benzene rings is 2. The molecule has 0 aromatic heterocycles. The van der Waals surface area contributed by atoms with E-state index in [0.29, 0.717) is 17.1 Å². The van der Waals surface area contributed by atoms with E-state index < -0.39 is 15.7 Å². The number of amides is 2. The van der Waals surface area contributed by atoms with Crippen LogP contribution in [0.3, 0.4) is 0 Å². The molecule has 0 fully saturated rings. The van der Waals surface area contributed by atoms with Crippen LogP contribution in [0.2, 0.25) is 0 Å². The summed E-state index contributed by atoms with van der Waals surface area (Å²) in [6, 6.07) is 9.89. The van der Waals surface area contributed by atoms with Crippen molar-refractivity contribution in [3.05, 3.63) is 47.5 Å². The molecule has 7 nitrogen and oxygen atoms in total. The van der Waals surface area contributed by atoms with Gasteiger partial charge in [-0.1, -0.05) is 6.07 Å². The fourth-order valence-corrected chi connectivity index (χ4v) is 4.15. The lowest BCUT2D eigenvalue weighted by Crippen LogP contribution is -2.35. The van der Waals surface area contributed by atoms with Gasteiger partial charge in [0.05, 0.1) is 16.3 Å². The maximum absolute atomic E-state index is 12.5. The fraction of sp³-hybridized carbons (Fsp3) is 0.300. The molecular weight excluding hydrogens is 380 g/mol. The van der Waals surface area contributed by atoms with Crippen molar-refractivity contribution in [2.24, 2.45) is 0 Å². The van der Waals surface area contributed by atoms with Gasteiger partial charge in [-0.3, -0.25) is 9.59 Å². The number of fused-ring (bicyclic) bond motifs is 1. The minimum Gasteiger partial charge on any atom is -0.482 e. The van der Waals surface area contributed by atoms with Gasteiger partial charge in [-0.25, -0.2) is 8.42 Å². The molecule has 0 radical (unpaired) electrons. The predicted octanol–water partition coefficient (Wildman–Crippen LogP) is 2.46. The summed E-state index contributed by atoms with van der Waals surface area (Å²) in [6.45, 7) is 3.74. The summed E-state index contributed by atoms with van der Waals surface area (Å²) in [6.07, 6.45) is -0.169. The maximum Gasteiger partial charge on any atom is 0.264 e. The standard InChI is InChI=1S/C20H22N2O5S/c1-13-4-6-16(10-14(13)2)28(25,26)9-8-19(23)21-15-5-7-18-17(11-15)22(3)20(24)12-27-18/h4-7,10-11H,8-9,12H2,1-3H3,(H,21,23). The van der Waals surface area contributed by atoms with Gasteiger partial charge in [0.15, 0.2) is 16.4 Å². The molecule has 2 amide bonds. The lowest BCUT2D eigenvalue weighted by atomic mass is 10.1. The number of anilines is 2. The molecule has 1 N–H and O–H groups in total. The third-order valence-corrected chi connectivity index (χ3v) is 6.48. The fourth-order valence-electron chi connectivity index (χ4n) is 2.83. The van der Waals surface area contributed by atoms with Gasteiger partial charge in [0.25, 0.3) is 5.91 Å². The van der Waals surface area contributed by atoms with Crippen LogP contribution < -0.4 is 15.0 Å².